The second-order valence-electron chi connectivity index (χ2n) is 10.4. The van der Waals surface area contributed by atoms with Crippen LogP contribution >= 0.6 is 11.6 Å². The van der Waals surface area contributed by atoms with E-state index >= 15 is 4.39 Å². The molecule has 0 saturated carbocycles. The molecule has 4 aromatic rings. The Morgan fingerprint density at radius 3 is 2.41 bits per heavy atom. The van der Waals surface area contributed by atoms with Gasteiger partial charge in [0.05, 0.1) is 43.4 Å². The van der Waals surface area contributed by atoms with Crippen LogP contribution in [-0.2, 0) is 22.6 Å². The standard InChI is InChI=1S/C34H37ClFN3O5/c1-5-44-30(40)18-11-19-37-28(24-13-7-6-8-14-24)21-39-33(41)31(25-15-10-17-29(43-4)32(25)35)23(3)38(34(39)42)20-26-22(2)12-9-16-27(26)36/h6-10,12-17,28,37H,5,11,18-21H2,1-4H3/t28-/m0/s1. The number of rotatable bonds is 13. The Morgan fingerprint density at radius 1 is 1.00 bits per heavy atom. The first-order chi connectivity index (χ1) is 21.2. The summed E-state index contributed by atoms with van der Waals surface area (Å²) in [6.07, 6.45) is 0.743. The molecule has 0 radical (unpaired) electrons. The molecule has 0 amide bonds. The third-order valence-corrected chi connectivity index (χ3v) is 8.02. The van der Waals surface area contributed by atoms with Crippen LogP contribution < -0.4 is 21.3 Å². The first kappa shape index (κ1) is 32.7. The summed E-state index contributed by atoms with van der Waals surface area (Å²) < 4.78 is 28.0. The number of nitrogens with zero attached hydrogens (tertiary/aromatic N) is 2. The highest BCUT2D eigenvalue weighted by molar-refractivity contribution is 6.34. The van der Waals surface area contributed by atoms with Crippen molar-refractivity contribution in [3.05, 3.63) is 121 Å². The monoisotopic (exact) mass is 621 g/mol. The van der Waals surface area contributed by atoms with Gasteiger partial charge >= 0.3 is 11.7 Å². The topological polar surface area (TPSA) is 91.6 Å². The molecule has 0 fully saturated rings. The number of hydrogen-bond donors (Lipinski definition) is 1. The van der Waals surface area contributed by atoms with Crippen molar-refractivity contribution in [3.63, 3.8) is 0 Å². The van der Waals surface area contributed by atoms with E-state index in [-0.39, 0.29) is 36.1 Å². The van der Waals surface area contributed by atoms with Gasteiger partial charge in [-0.05, 0) is 57.0 Å². The molecule has 0 saturated heterocycles. The number of benzene rings is 3. The fourth-order valence-electron chi connectivity index (χ4n) is 5.24. The summed E-state index contributed by atoms with van der Waals surface area (Å²) in [4.78, 5) is 40.3. The first-order valence-corrected chi connectivity index (χ1v) is 14.9. The van der Waals surface area contributed by atoms with Crippen molar-refractivity contribution in [3.8, 4) is 16.9 Å². The average Bonchev–Trinajstić information content (AvgIpc) is 3.01. The molecule has 0 unspecified atom stereocenters. The van der Waals surface area contributed by atoms with Gasteiger partial charge in [-0.25, -0.2) is 9.18 Å². The van der Waals surface area contributed by atoms with Gasteiger partial charge in [0, 0.05) is 23.2 Å². The molecule has 3 aromatic carbocycles. The molecule has 1 heterocycles. The number of hydrogen-bond acceptors (Lipinski definition) is 6. The number of nitrogens with one attached hydrogen (secondary N) is 1. The number of esters is 1. The van der Waals surface area contributed by atoms with Crippen molar-refractivity contribution >= 4 is 17.6 Å². The van der Waals surface area contributed by atoms with Gasteiger partial charge in [0.25, 0.3) is 5.56 Å². The lowest BCUT2D eigenvalue weighted by molar-refractivity contribution is -0.143. The van der Waals surface area contributed by atoms with Crippen molar-refractivity contribution in [1.29, 1.82) is 0 Å². The summed E-state index contributed by atoms with van der Waals surface area (Å²) in [7, 11) is 1.48. The molecule has 10 heteroatoms. The Labute approximate surface area is 261 Å². The normalized spacial score (nSPS) is 11.8. The minimum absolute atomic E-state index is 0.0216. The van der Waals surface area contributed by atoms with Crippen LogP contribution in [0.3, 0.4) is 0 Å². The molecule has 0 aliphatic heterocycles. The molecule has 0 aliphatic carbocycles. The van der Waals surface area contributed by atoms with Crippen LogP contribution in [0.1, 0.15) is 48.2 Å². The minimum Gasteiger partial charge on any atom is -0.495 e. The van der Waals surface area contributed by atoms with Crippen molar-refractivity contribution in [2.24, 2.45) is 0 Å². The number of methoxy groups -OCH3 is 1. The summed E-state index contributed by atoms with van der Waals surface area (Å²) in [6, 6.07) is 18.8. The molecule has 1 N–H and O–H groups in total. The van der Waals surface area contributed by atoms with Gasteiger partial charge in [-0.3, -0.25) is 18.7 Å². The third kappa shape index (κ3) is 7.29. The van der Waals surface area contributed by atoms with Crippen molar-refractivity contribution in [2.45, 2.75) is 52.7 Å². The van der Waals surface area contributed by atoms with Crippen LogP contribution in [0.5, 0.6) is 5.75 Å². The maximum Gasteiger partial charge on any atom is 0.331 e. The summed E-state index contributed by atoms with van der Waals surface area (Å²) in [6.45, 7) is 5.85. The van der Waals surface area contributed by atoms with E-state index < -0.39 is 23.1 Å². The Hall–Kier alpha value is -4.21. The van der Waals surface area contributed by atoms with E-state index in [1.165, 1.54) is 22.3 Å². The molecule has 4 rings (SSSR count). The van der Waals surface area contributed by atoms with Crippen LogP contribution in [0, 0.1) is 19.7 Å². The van der Waals surface area contributed by atoms with Gasteiger partial charge in [0.15, 0.2) is 0 Å². The number of ether oxygens (including phenoxy) is 2. The summed E-state index contributed by atoms with van der Waals surface area (Å²) >= 11 is 6.71. The highest BCUT2D eigenvalue weighted by atomic mass is 35.5. The molecule has 1 aromatic heterocycles. The van der Waals surface area contributed by atoms with E-state index in [2.05, 4.69) is 5.32 Å². The fourth-order valence-corrected chi connectivity index (χ4v) is 5.54. The number of carbonyl (C=O) groups excluding carboxylic acids is 1. The first-order valence-electron chi connectivity index (χ1n) is 14.5. The predicted octanol–water partition coefficient (Wildman–Crippen LogP) is 5.82. The molecular weight excluding hydrogens is 585 g/mol. The Balaban J connectivity index is 1.85. The predicted molar refractivity (Wildman–Crippen MR) is 170 cm³/mol. The molecule has 1 atom stereocenters. The van der Waals surface area contributed by atoms with Crippen LogP contribution in [0.2, 0.25) is 5.02 Å². The molecule has 44 heavy (non-hydrogen) atoms. The smallest absolute Gasteiger partial charge is 0.331 e. The zero-order valence-corrected chi connectivity index (χ0v) is 26.1. The lowest BCUT2D eigenvalue weighted by Crippen LogP contribution is -2.45. The van der Waals surface area contributed by atoms with E-state index in [0.29, 0.717) is 47.7 Å². The molecular formula is C34H37ClFN3O5. The highest BCUT2D eigenvalue weighted by Crippen LogP contribution is 2.35. The third-order valence-electron chi connectivity index (χ3n) is 7.63. The average molecular weight is 622 g/mol. The lowest BCUT2D eigenvalue weighted by Gasteiger charge is -2.23. The highest BCUT2D eigenvalue weighted by Gasteiger charge is 2.24. The van der Waals surface area contributed by atoms with E-state index in [1.807, 2.05) is 30.3 Å². The van der Waals surface area contributed by atoms with Crippen LogP contribution in [0.25, 0.3) is 11.1 Å². The minimum atomic E-state index is -0.577. The summed E-state index contributed by atoms with van der Waals surface area (Å²) in [5.41, 5.74) is 1.76. The van der Waals surface area contributed by atoms with Crippen LogP contribution in [-0.4, -0.2) is 35.4 Å². The molecule has 0 spiro atoms. The zero-order valence-electron chi connectivity index (χ0n) is 25.4. The Morgan fingerprint density at radius 2 is 1.73 bits per heavy atom. The van der Waals surface area contributed by atoms with E-state index in [0.717, 1.165) is 5.56 Å². The quantitative estimate of drug-likeness (QED) is 0.150. The van der Waals surface area contributed by atoms with Gasteiger partial charge in [-0.2, -0.15) is 0 Å². The molecule has 8 nitrogen and oxygen atoms in total. The Bertz CT molecular complexity index is 1720. The number of halogens is 2. The Kier molecular flexibility index (Phi) is 11.1. The van der Waals surface area contributed by atoms with Gasteiger partial charge < -0.3 is 14.8 Å². The maximum atomic E-state index is 15.0. The van der Waals surface area contributed by atoms with Crippen LogP contribution in [0.4, 0.5) is 4.39 Å². The largest absolute Gasteiger partial charge is 0.495 e. The van der Waals surface area contributed by atoms with Crippen LogP contribution in [0.15, 0.2) is 76.3 Å². The number of carbonyl (C=O) groups is 1. The van der Waals surface area contributed by atoms with Gasteiger partial charge in [-0.15, -0.1) is 0 Å². The van der Waals surface area contributed by atoms with Crippen molar-refractivity contribution in [1.82, 2.24) is 14.5 Å². The summed E-state index contributed by atoms with van der Waals surface area (Å²) in [5, 5.41) is 3.63. The number of aromatic nitrogens is 2. The molecule has 0 aliphatic rings. The summed E-state index contributed by atoms with van der Waals surface area (Å²) in [5.74, 6) is -0.352. The molecule has 0 bridgehead atoms. The second-order valence-corrected chi connectivity index (χ2v) is 10.8. The second kappa shape index (κ2) is 15.0. The fraction of sp³-hybridized carbons (Fsp3) is 0.324. The SMILES string of the molecule is CCOC(=O)CCCN[C@@H](Cn1c(=O)c(-c2cccc(OC)c2Cl)c(C)n(Cc2c(C)cccc2F)c1=O)c1ccccc1. The lowest BCUT2D eigenvalue weighted by atomic mass is 10.0. The van der Waals surface area contributed by atoms with Gasteiger partial charge in [-0.1, -0.05) is 66.2 Å². The number of aryl methyl sites for hydroxylation is 1. The van der Waals surface area contributed by atoms with E-state index in [4.69, 9.17) is 21.1 Å². The van der Waals surface area contributed by atoms with Crippen molar-refractivity contribution < 1.29 is 18.7 Å². The molecule has 232 valence electrons. The van der Waals surface area contributed by atoms with Crippen molar-refractivity contribution in [2.75, 3.05) is 20.3 Å². The van der Waals surface area contributed by atoms with Gasteiger partial charge in [0.1, 0.15) is 11.6 Å². The zero-order chi connectivity index (χ0) is 31.8. The van der Waals surface area contributed by atoms with E-state index in [1.54, 1.807) is 51.1 Å². The van der Waals surface area contributed by atoms with E-state index in [9.17, 15) is 14.4 Å². The van der Waals surface area contributed by atoms with Gasteiger partial charge in [0.2, 0.25) is 0 Å². The maximum absolute atomic E-state index is 15.0.